The van der Waals surface area contributed by atoms with E-state index >= 15 is 0 Å². The third-order valence-electron chi connectivity index (χ3n) is 4.55. The molecule has 0 aliphatic heterocycles. The van der Waals surface area contributed by atoms with Crippen molar-refractivity contribution < 1.29 is 19.1 Å². The van der Waals surface area contributed by atoms with E-state index in [1.165, 1.54) is 11.8 Å². The minimum absolute atomic E-state index is 0.0166. The Morgan fingerprint density at radius 1 is 0.968 bits per heavy atom. The predicted molar refractivity (Wildman–Crippen MR) is 119 cm³/mol. The highest BCUT2D eigenvalue weighted by atomic mass is 32.2. The molecular formula is C22H24N4O4S. The topological polar surface area (TPSA) is 95.3 Å². The lowest BCUT2D eigenvalue weighted by Gasteiger charge is -2.08. The molecule has 31 heavy (non-hydrogen) atoms. The zero-order valence-corrected chi connectivity index (χ0v) is 18.4. The summed E-state index contributed by atoms with van der Waals surface area (Å²) in [5.74, 6) is 1.98. The van der Waals surface area contributed by atoms with E-state index in [1.807, 2.05) is 11.5 Å². The maximum atomic E-state index is 12.5. The normalized spacial score (nSPS) is 10.5. The zero-order valence-electron chi connectivity index (χ0n) is 17.6. The lowest BCUT2D eigenvalue weighted by Crippen LogP contribution is -2.17. The van der Waals surface area contributed by atoms with Gasteiger partial charge in [-0.1, -0.05) is 11.8 Å². The maximum Gasteiger partial charge on any atom is 0.232 e. The number of ether oxygens (including phenoxy) is 2. The van der Waals surface area contributed by atoms with Gasteiger partial charge in [-0.2, -0.15) is 0 Å². The lowest BCUT2D eigenvalue weighted by atomic mass is 10.1. The number of amides is 1. The average molecular weight is 441 g/mol. The second kappa shape index (κ2) is 10.6. The number of hydrogen-bond donors (Lipinski definition) is 1. The summed E-state index contributed by atoms with van der Waals surface area (Å²) in [6.07, 6.45) is 0.0832. The van der Waals surface area contributed by atoms with Gasteiger partial charge >= 0.3 is 0 Å². The Bertz CT molecular complexity index is 1030. The fraction of sp³-hybridized carbons (Fsp3) is 0.273. The van der Waals surface area contributed by atoms with Crippen LogP contribution < -0.4 is 14.8 Å². The number of hydrogen-bond acceptors (Lipinski definition) is 7. The van der Waals surface area contributed by atoms with Crippen LogP contribution in [0.3, 0.4) is 0 Å². The number of carbonyl (C=O) groups is 2. The van der Waals surface area contributed by atoms with E-state index in [4.69, 9.17) is 9.47 Å². The molecule has 162 valence electrons. The van der Waals surface area contributed by atoms with E-state index < -0.39 is 0 Å². The Morgan fingerprint density at radius 3 is 2.16 bits per heavy atom. The van der Waals surface area contributed by atoms with E-state index in [0.717, 1.165) is 5.75 Å². The highest BCUT2D eigenvalue weighted by molar-refractivity contribution is 7.99. The third-order valence-corrected chi connectivity index (χ3v) is 5.51. The summed E-state index contributed by atoms with van der Waals surface area (Å²) in [5, 5.41) is 11.8. The molecule has 0 fully saturated rings. The van der Waals surface area contributed by atoms with Crippen LogP contribution in [-0.2, 0) is 17.8 Å². The van der Waals surface area contributed by atoms with Crippen LogP contribution in [0.15, 0.2) is 53.7 Å². The molecule has 0 atom stereocenters. The van der Waals surface area contributed by atoms with E-state index in [9.17, 15) is 9.59 Å². The molecule has 9 heteroatoms. The van der Waals surface area contributed by atoms with Crippen LogP contribution in [0, 0.1) is 0 Å². The second-order valence-corrected chi connectivity index (χ2v) is 7.48. The number of rotatable bonds is 10. The van der Waals surface area contributed by atoms with Crippen molar-refractivity contribution >= 4 is 29.1 Å². The van der Waals surface area contributed by atoms with Gasteiger partial charge in [0, 0.05) is 17.8 Å². The monoisotopic (exact) mass is 440 g/mol. The molecule has 3 rings (SSSR count). The van der Waals surface area contributed by atoms with Crippen molar-refractivity contribution in [2.24, 2.45) is 0 Å². The van der Waals surface area contributed by atoms with E-state index in [2.05, 4.69) is 15.5 Å². The third kappa shape index (κ3) is 5.85. The largest absolute Gasteiger partial charge is 0.497 e. The summed E-state index contributed by atoms with van der Waals surface area (Å²) in [6, 6.07) is 14.1. The first-order valence-electron chi connectivity index (χ1n) is 9.70. The molecule has 2 aromatic carbocycles. The number of anilines is 1. The summed E-state index contributed by atoms with van der Waals surface area (Å²) in [7, 11) is 3.17. The standard InChI is InChI=1S/C22H24N4O4S/c1-4-26-20(13-21(28)23-16-7-11-18(30-3)12-8-16)24-25-22(26)31-14-19(27)15-5-9-17(29-2)10-6-15/h5-12H,4,13-14H2,1-3H3,(H,23,28). The van der Waals surface area contributed by atoms with Crippen molar-refractivity contribution in [1.82, 2.24) is 14.8 Å². The number of nitrogens with zero attached hydrogens (tertiary/aromatic N) is 3. The summed E-state index contributed by atoms with van der Waals surface area (Å²) in [4.78, 5) is 24.9. The number of carbonyl (C=O) groups excluding carboxylic acids is 2. The molecule has 1 N–H and O–H groups in total. The number of aromatic nitrogens is 3. The molecule has 1 aromatic heterocycles. The van der Waals surface area contributed by atoms with Crippen molar-refractivity contribution in [2.45, 2.75) is 25.0 Å². The minimum Gasteiger partial charge on any atom is -0.497 e. The Morgan fingerprint density at radius 2 is 1.58 bits per heavy atom. The molecule has 0 aliphatic rings. The molecule has 1 heterocycles. The van der Waals surface area contributed by atoms with Crippen LogP contribution in [0.25, 0.3) is 0 Å². The number of nitrogens with one attached hydrogen (secondary N) is 1. The van der Waals surface area contributed by atoms with Gasteiger partial charge in [-0.15, -0.1) is 10.2 Å². The average Bonchev–Trinajstić information content (AvgIpc) is 3.19. The number of methoxy groups -OCH3 is 2. The van der Waals surface area contributed by atoms with Gasteiger partial charge < -0.3 is 19.4 Å². The van der Waals surface area contributed by atoms with E-state index in [0.29, 0.717) is 34.5 Å². The molecule has 0 spiro atoms. The first-order valence-corrected chi connectivity index (χ1v) is 10.7. The highest BCUT2D eigenvalue weighted by Crippen LogP contribution is 2.21. The van der Waals surface area contributed by atoms with Gasteiger partial charge in [-0.05, 0) is 55.5 Å². The van der Waals surface area contributed by atoms with Crippen molar-refractivity contribution in [3.63, 3.8) is 0 Å². The highest BCUT2D eigenvalue weighted by Gasteiger charge is 2.16. The Balaban J connectivity index is 1.60. The smallest absolute Gasteiger partial charge is 0.232 e. The van der Waals surface area contributed by atoms with Crippen LogP contribution in [0.5, 0.6) is 11.5 Å². The lowest BCUT2D eigenvalue weighted by molar-refractivity contribution is -0.115. The van der Waals surface area contributed by atoms with Gasteiger partial charge in [0.25, 0.3) is 0 Å². The first kappa shape index (κ1) is 22.4. The minimum atomic E-state index is -0.196. The van der Waals surface area contributed by atoms with E-state index in [1.54, 1.807) is 62.8 Å². The quantitative estimate of drug-likeness (QED) is 0.381. The first-order chi connectivity index (χ1) is 15.0. The molecular weight excluding hydrogens is 416 g/mol. The van der Waals surface area contributed by atoms with Crippen molar-refractivity contribution in [3.05, 3.63) is 59.9 Å². The summed E-state index contributed by atoms with van der Waals surface area (Å²) >= 11 is 1.30. The molecule has 3 aromatic rings. The Hall–Kier alpha value is -3.33. The fourth-order valence-electron chi connectivity index (χ4n) is 2.89. The predicted octanol–water partition coefficient (Wildman–Crippen LogP) is 3.47. The van der Waals surface area contributed by atoms with Gasteiger partial charge in [0.2, 0.25) is 5.91 Å². The molecule has 0 bridgehead atoms. The molecule has 0 saturated heterocycles. The SMILES string of the molecule is CCn1c(CC(=O)Nc2ccc(OC)cc2)nnc1SCC(=O)c1ccc(OC)cc1. The van der Waals surface area contributed by atoms with Crippen LogP contribution in [0.4, 0.5) is 5.69 Å². The molecule has 8 nitrogen and oxygen atoms in total. The Labute approximate surface area is 185 Å². The fourth-order valence-corrected chi connectivity index (χ4v) is 3.80. The zero-order chi connectivity index (χ0) is 22.2. The number of benzene rings is 2. The summed E-state index contributed by atoms with van der Waals surface area (Å²) in [6.45, 7) is 2.54. The van der Waals surface area contributed by atoms with Gasteiger partial charge in [0.15, 0.2) is 10.9 Å². The van der Waals surface area contributed by atoms with Crippen LogP contribution in [0.1, 0.15) is 23.1 Å². The van der Waals surface area contributed by atoms with Gasteiger partial charge in [0.1, 0.15) is 17.3 Å². The molecule has 0 aliphatic carbocycles. The van der Waals surface area contributed by atoms with Crippen molar-refractivity contribution in [2.75, 3.05) is 25.3 Å². The van der Waals surface area contributed by atoms with Crippen molar-refractivity contribution in [3.8, 4) is 11.5 Å². The van der Waals surface area contributed by atoms with Crippen LogP contribution >= 0.6 is 11.8 Å². The van der Waals surface area contributed by atoms with Crippen molar-refractivity contribution in [1.29, 1.82) is 0 Å². The second-order valence-electron chi connectivity index (χ2n) is 6.54. The number of Topliss-reactive ketones (excluding diaryl/α,β-unsaturated/α-hetero) is 1. The summed E-state index contributed by atoms with van der Waals surface area (Å²) in [5.41, 5.74) is 1.28. The number of ketones is 1. The van der Waals surface area contributed by atoms with Crippen LogP contribution in [0.2, 0.25) is 0 Å². The molecule has 1 amide bonds. The van der Waals surface area contributed by atoms with E-state index in [-0.39, 0.29) is 23.9 Å². The van der Waals surface area contributed by atoms with Gasteiger partial charge in [-0.25, -0.2) is 0 Å². The van der Waals surface area contributed by atoms with Crippen LogP contribution in [-0.4, -0.2) is 46.4 Å². The summed E-state index contributed by atoms with van der Waals surface area (Å²) < 4.78 is 12.1. The maximum absolute atomic E-state index is 12.5. The number of thioether (sulfide) groups is 1. The molecule has 0 saturated carbocycles. The van der Waals surface area contributed by atoms with Gasteiger partial charge in [-0.3, -0.25) is 9.59 Å². The Kier molecular flexibility index (Phi) is 7.66. The molecule has 0 radical (unpaired) electrons. The molecule has 0 unspecified atom stereocenters. The van der Waals surface area contributed by atoms with Gasteiger partial charge in [0.05, 0.1) is 26.4 Å².